The predicted molar refractivity (Wildman–Crippen MR) is 129 cm³/mol. The lowest BCUT2D eigenvalue weighted by atomic mass is 9.88. The van der Waals surface area contributed by atoms with Gasteiger partial charge < -0.3 is 15.4 Å². The van der Waals surface area contributed by atoms with Crippen molar-refractivity contribution in [2.75, 3.05) is 18.5 Å². The molecule has 1 heterocycles. The Balaban J connectivity index is 1.52. The third kappa shape index (κ3) is 6.71. The van der Waals surface area contributed by atoms with Gasteiger partial charge in [-0.2, -0.15) is 0 Å². The highest BCUT2D eigenvalue weighted by molar-refractivity contribution is 5.92. The van der Waals surface area contributed by atoms with Gasteiger partial charge >= 0.3 is 0 Å². The minimum atomic E-state index is -0.783. The van der Waals surface area contributed by atoms with E-state index in [0.717, 1.165) is 18.2 Å². The number of morpholine rings is 1. The van der Waals surface area contributed by atoms with Crippen LogP contribution in [0.15, 0.2) is 60.7 Å². The Hall–Kier alpha value is -3.23. The maximum atomic E-state index is 14.7. The van der Waals surface area contributed by atoms with Crippen molar-refractivity contribution in [3.05, 3.63) is 108 Å². The van der Waals surface area contributed by atoms with Gasteiger partial charge in [-0.3, -0.25) is 4.79 Å². The van der Waals surface area contributed by atoms with Gasteiger partial charge in [0.25, 0.3) is 0 Å². The molecule has 1 amide bonds. The zero-order valence-corrected chi connectivity index (χ0v) is 19.6. The van der Waals surface area contributed by atoms with E-state index in [2.05, 4.69) is 17.6 Å². The maximum absolute atomic E-state index is 14.7. The molecule has 0 aliphatic carbocycles. The Kier molecular flexibility index (Phi) is 8.38. The monoisotopic (exact) mass is 499 g/mol. The second kappa shape index (κ2) is 11.7. The number of rotatable bonds is 8. The largest absolute Gasteiger partial charge is 0.375 e. The molecule has 0 bridgehead atoms. The zero-order valence-electron chi connectivity index (χ0n) is 19.6. The van der Waals surface area contributed by atoms with Crippen LogP contribution in [0.2, 0.25) is 0 Å². The minimum Gasteiger partial charge on any atom is -0.375 e. The molecule has 1 saturated heterocycles. The third-order valence-electron chi connectivity index (χ3n) is 6.23. The van der Waals surface area contributed by atoms with E-state index in [-0.39, 0.29) is 24.1 Å². The first-order chi connectivity index (χ1) is 17.3. The second-order valence-corrected chi connectivity index (χ2v) is 8.92. The van der Waals surface area contributed by atoms with E-state index in [0.29, 0.717) is 42.8 Å². The second-order valence-electron chi connectivity index (χ2n) is 8.92. The van der Waals surface area contributed by atoms with E-state index in [1.807, 2.05) is 0 Å². The number of anilines is 1. The van der Waals surface area contributed by atoms with Crippen molar-refractivity contribution in [3.8, 4) is 0 Å². The fourth-order valence-corrected chi connectivity index (χ4v) is 4.37. The lowest BCUT2D eigenvalue weighted by Gasteiger charge is -2.28. The highest BCUT2D eigenvalue weighted by Gasteiger charge is 2.23. The van der Waals surface area contributed by atoms with Crippen molar-refractivity contribution in [2.45, 2.75) is 37.3 Å². The van der Waals surface area contributed by atoms with Crippen LogP contribution in [-0.4, -0.2) is 31.2 Å². The van der Waals surface area contributed by atoms with Gasteiger partial charge in [-0.25, -0.2) is 17.6 Å². The smallest absolute Gasteiger partial charge is 0.225 e. The average Bonchev–Trinajstić information content (AvgIpc) is 2.83. The number of benzene rings is 3. The fourth-order valence-electron chi connectivity index (χ4n) is 4.37. The van der Waals surface area contributed by atoms with E-state index in [1.165, 1.54) is 36.4 Å². The van der Waals surface area contributed by atoms with Gasteiger partial charge in [0.2, 0.25) is 5.91 Å². The molecule has 3 atom stereocenters. The molecule has 0 spiro atoms. The van der Waals surface area contributed by atoms with Crippen LogP contribution < -0.4 is 10.6 Å². The average molecular weight is 500 g/mol. The lowest BCUT2D eigenvalue weighted by molar-refractivity contribution is -0.116. The summed E-state index contributed by atoms with van der Waals surface area (Å²) in [5, 5.41) is 5.97. The molecule has 0 unspecified atom stereocenters. The molecular weight excluding hydrogens is 472 g/mol. The van der Waals surface area contributed by atoms with Gasteiger partial charge in [0.1, 0.15) is 23.3 Å². The van der Waals surface area contributed by atoms with Crippen LogP contribution in [0.1, 0.15) is 35.4 Å². The quantitative estimate of drug-likeness (QED) is 0.401. The molecule has 1 aliphatic rings. The van der Waals surface area contributed by atoms with Gasteiger partial charge in [-0.1, -0.05) is 18.2 Å². The molecule has 1 aliphatic heterocycles. The van der Waals surface area contributed by atoms with Crippen LogP contribution in [0.5, 0.6) is 0 Å². The van der Waals surface area contributed by atoms with Crippen LogP contribution in [0.4, 0.5) is 23.2 Å². The number of halogens is 4. The van der Waals surface area contributed by atoms with Crippen LogP contribution >= 0.6 is 0 Å². The fraction of sp³-hybridized carbons (Fsp3) is 0.286. The third-order valence-corrected chi connectivity index (χ3v) is 6.23. The molecule has 4 nitrogen and oxygen atoms in total. The molecule has 1 radical (unpaired) electrons. The van der Waals surface area contributed by atoms with Gasteiger partial charge in [-0.15, -0.1) is 0 Å². The highest BCUT2D eigenvalue weighted by Crippen LogP contribution is 2.31. The zero-order chi connectivity index (χ0) is 25.7. The first kappa shape index (κ1) is 25.9. The van der Waals surface area contributed by atoms with Gasteiger partial charge in [-0.05, 0) is 67.3 Å². The molecule has 3 aromatic rings. The summed E-state index contributed by atoms with van der Waals surface area (Å²) in [6.07, 6.45) is 0.597. The number of carbonyl (C=O) groups excluding carboxylic acids is 1. The van der Waals surface area contributed by atoms with Crippen LogP contribution in [0, 0.1) is 30.2 Å². The first-order valence-electron chi connectivity index (χ1n) is 11.7. The Morgan fingerprint density at radius 1 is 1.00 bits per heavy atom. The molecule has 36 heavy (non-hydrogen) atoms. The van der Waals surface area contributed by atoms with Crippen molar-refractivity contribution in [1.82, 2.24) is 5.32 Å². The lowest BCUT2D eigenvalue weighted by Crippen LogP contribution is -2.45. The van der Waals surface area contributed by atoms with E-state index in [9.17, 15) is 22.4 Å². The van der Waals surface area contributed by atoms with Crippen molar-refractivity contribution in [1.29, 1.82) is 0 Å². The van der Waals surface area contributed by atoms with Crippen molar-refractivity contribution >= 4 is 11.6 Å². The van der Waals surface area contributed by atoms with Crippen molar-refractivity contribution < 1.29 is 27.1 Å². The topological polar surface area (TPSA) is 50.4 Å². The van der Waals surface area contributed by atoms with Gasteiger partial charge in [0, 0.05) is 42.2 Å². The molecule has 0 aromatic heterocycles. The molecular formula is C28H27F4N2O2. The summed E-state index contributed by atoms with van der Waals surface area (Å²) in [6, 6.07) is 12.9. The van der Waals surface area contributed by atoms with Gasteiger partial charge in [0.05, 0.1) is 12.7 Å². The Morgan fingerprint density at radius 2 is 1.72 bits per heavy atom. The molecule has 4 rings (SSSR count). The van der Waals surface area contributed by atoms with E-state index in [1.54, 1.807) is 6.07 Å². The molecule has 189 valence electrons. The Bertz CT molecular complexity index is 1170. The Labute approximate surface area is 207 Å². The minimum absolute atomic E-state index is 0.0187. The van der Waals surface area contributed by atoms with E-state index < -0.39 is 35.1 Å². The summed E-state index contributed by atoms with van der Waals surface area (Å²) in [7, 11) is 0. The number of ether oxygens (including phenoxy) is 1. The SMILES string of the molecule is [CH2][C@H]1CO[C@H](CCc2c(F)cccc2NC(=O)C[C@@H](c2ccc(F)cc2)c2cc(F)cc(F)c2)CN1. The summed E-state index contributed by atoms with van der Waals surface area (Å²) in [6.45, 7) is 4.96. The number of carbonyl (C=O) groups is 1. The molecule has 8 heteroatoms. The number of amides is 1. The molecule has 0 saturated carbocycles. The summed E-state index contributed by atoms with van der Waals surface area (Å²) >= 11 is 0. The number of nitrogens with one attached hydrogen (secondary N) is 2. The highest BCUT2D eigenvalue weighted by atomic mass is 19.1. The summed E-state index contributed by atoms with van der Waals surface area (Å²) in [4.78, 5) is 13.1. The van der Waals surface area contributed by atoms with Crippen molar-refractivity contribution in [2.24, 2.45) is 0 Å². The van der Waals surface area contributed by atoms with E-state index >= 15 is 0 Å². The molecule has 1 fully saturated rings. The van der Waals surface area contributed by atoms with E-state index in [4.69, 9.17) is 4.74 Å². The maximum Gasteiger partial charge on any atom is 0.225 e. The summed E-state index contributed by atoms with van der Waals surface area (Å²) in [5.41, 5.74) is 1.42. The van der Waals surface area contributed by atoms with Crippen LogP contribution in [0.3, 0.4) is 0 Å². The normalized spacial score (nSPS) is 18.6. The van der Waals surface area contributed by atoms with Gasteiger partial charge in [0.15, 0.2) is 0 Å². The van der Waals surface area contributed by atoms with Crippen molar-refractivity contribution in [3.63, 3.8) is 0 Å². The Morgan fingerprint density at radius 3 is 2.39 bits per heavy atom. The van der Waals surface area contributed by atoms with Crippen LogP contribution in [0.25, 0.3) is 0 Å². The molecule has 2 N–H and O–H groups in total. The predicted octanol–water partition coefficient (Wildman–Crippen LogP) is 5.53. The number of hydrogen-bond donors (Lipinski definition) is 2. The first-order valence-corrected chi connectivity index (χ1v) is 11.7. The summed E-state index contributed by atoms with van der Waals surface area (Å²) < 4.78 is 61.8. The summed E-state index contributed by atoms with van der Waals surface area (Å²) in [5.74, 6) is -3.71. The number of hydrogen-bond acceptors (Lipinski definition) is 3. The standard InChI is InChI=1S/C28H27F4N2O2/c1-17-16-36-23(15-33-17)9-10-24-26(32)3-2-4-27(24)34-28(35)14-25(18-5-7-20(29)8-6-18)19-11-21(30)13-22(31)12-19/h2-8,11-13,17,23,25,33H,1,9-10,14-16H2,(H,34,35)/t17-,23+,25-/m0/s1. The van der Waals surface area contributed by atoms with Crippen LogP contribution in [-0.2, 0) is 16.0 Å². The molecule has 3 aromatic carbocycles.